The van der Waals surface area contributed by atoms with Crippen LogP contribution in [0.5, 0.6) is 0 Å². The Morgan fingerprint density at radius 3 is 2.24 bits per heavy atom. The first-order chi connectivity index (χ1) is 15.3. The summed E-state index contributed by atoms with van der Waals surface area (Å²) in [7, 11) is 0. The third-order valence-corrected chi connectivity index (χ3v) is 5.46. The summed E-state index contributed by atoms with van der Waals surface area (Å²) in [5.41, 5.74) is 2.13. The second-order valence-electron chi connectivity index (χ2n) is 9.90. The van der Waals surface area contributed by atoms with Crippen LogP contribution in [-0.4, -0.2) is 47.0 Å². The van der Waals surface area contributed by atoms with Crippen LogP contribution in [-0.2, 0) is 14.3 Å². The standard InChI is InChI=1S/C26H43N3O4/c1-10-11-12-16-27-23(30)22(21-15-13-14-18(4)19(21)5)29(17(2)3)24(31)20(6)28-25(32)33-26(7,8)9/h13-15,17,20,22H,10-12,16H2,1-9H3,(H,27,30)(H,28,32). The molecule has 0 aromatic heterocycles. The number of hydrogen-bond donors (Lipinski definition) is 2. The first-order valence-electron chi connectivity index (χ1n) is 12.0. The van der Waals surface area contributed by atoms with E-state index in [0.717, 1.165) is 36.0 Å². The predicted octanol–water partition coefficient (Wildman–Crippen LogP) is 4.80. The number of carbonyl (C=O) groups excluding carboxylic acids is 3. The largest absolute Gasteiger partial charge is 0.444 e. The molecule has 186 valence electrons. The Labute approximate surface area is 199 Å². The Morgan fingerprint density at radius 2 is 1.70 bits per heavy atom. The number of nitrogens with zero attached hydrogens (tertiary/aromatic N) is 1. The molecule has 0 fully saturated rings. The van der Waals surface area contributed by atoms with E-state index in [1.807, 2.05) is 45.9 Å². The molecule has 0 bridgehead atoms. The van der Waals surface area contributed by atoms with Crippen LogP contribution in [0.4, 0.5) is 4.79 Å². The van der Waals surface area contributed by atoms with Gasteiger partial charge in [-0.3, -0.25) is 9.59 Å². The first-order valence-corrected chi connectivity index (χ1v) is 12.0. The Hall–Kier alpha value is -2.57. The number of unbranched alkanes of at least 4 members (excludes halogenated alkanes) is 2. The van der Waals surface area contributed by atoms with E-state index in [4.69, 9.17) is 4.74 Å². The number of ether oxygens (including phenoxy) is 1. The van der Waals surface area contributed by atoms with Crippen molar-refractivity contribution in [3.05, 3.63) is 34.9 Å². The lowest BCUT2D eigenvalue weighted by Crippen LogP contribution is -2.54. The lowest BCUT2D eigenvalue weighted by Gasteiger charge is -2.37. The van der Waals surface area contributed by atoms with E-state index in [1.54, 1.807) is 32.6 Å². The van der Waals surface area contributed by atoms with Crippen molar-refractivity contribution in [3.63, 3.8) is 0 Å². The molecule has 1 aromatic rings. The van der Waals surface area contributed by atoms with Gasteiger partial charge in [0.1, 0.15) is 17.7 Å². The van der Waals surface area contributed by atoms with Crippen molar-refractivity contribution in [1.82, 2.24) is 15.5 Å². The fraction of sp³-hybridized carbons (Fsp3) is 0.654. The number of rotatable bonds is 10. The molecular formula is C26H43N3O4. The van der Waals surface area contributed by atoms with Crippen LogP contribution in [0, 0.1) is 13.8 Å². The van der Waals surface area contributed by atoms with Gasteiger partial charge < -0.3 is 20.3 Å². The summed E-state index contributed by atoms with van der Waals surface area (Å²) in [6, 6.07) is 3.85. The summed E-state index contributed by atoms with van der Waals surface area (Å²) in [5.74, 6) is -0.559. The van der Waals surface area contributed by atoms with Crippen LogP contribution >= 0.6 is 0 Å². The summed E-state index contributed by atoms with van der Waals surface area (Å²) in [4.78, 5) is 40.8. The summed E-state index contributed by atoms with van der Waals surface area (Å²) in [6.45, 7) is 17.3. The maximum atomic E-state index is 13.6. The third-order valence-electron chi connectivity index (χ3n) is 5.46. The zero-order chi connectivity index (χ0) is 25.3. The first kappa shape index (κ1) is 28.5. The summed E-state index contributed by atoms with van der Waals surface area (Å²) >= 11 is 0. The van der Waals surface area contributed by atoms with Gasteiger partial charge >= 0.3 is 6.09 Å². The minimum absolute atomic E-state index is 0.216. The van der Waals surface area contributed by atoms with Gasteiger partial charge in [0.15, 0.2) is 0 Å². The van der Waals surface area contributed by atoms with Crippen LogP contribution in [0.3, 0.4) is 0 Å². The monoisotopic (exact) mass is 461 g/mol. The second kappa shape index (κ2) is 12.6. The topological polar surface area (TPSA) is 87.7 Å². The fourth-order valence-corrected chi connectivity index (χ4v) is 3.62. The molecule has 0 aliphatic heterocycles. The highest BCUT2D eigenvalue weighted by Gasteiger charge is 2.37. The molecule has 0 aliphatic rings. The molecule has 0 spiro atoms. The van der Waals surface area contributed by atoms with Crippen LogP contribution in [0.1, 0.15) is 90.5 Å². The molecule has 0 radical (unpaired) electrons. The highest BCUT2D eigenvalue weighted by atomic mass is 16.6. The van der Waals surface area contributed by atoms with Crippen molar-refractivity contribution in [3.8, 4) is 0 Å². The van der Waals surface area contributed by atoms with E-state index in [2.05, 4.69) is 17.6 Å². The number of amides is 3. The van der Waals surface area contributed by atoms with Crippen LogP contribution < -0.4 is 10.6 Å². The number of benzene rings is 1. The van der Waals surface area contributed by atoms with Gasteiger partial charge in [0.2, 0.25) is 11.8 Å². The van der Waals surface area contributed by atoms with E-state index < -0.39 is 23.8 Å². The smallest absolute Gasteiger partial charge is 0.408 e. The second-order valence-corrected chi connectivity index (χ2v) is 9.90. The molecule has 1 aromatic carbocycles. The molecule has 2 unspecified atom stereocenters. The van der Waals surface area contributed by atoms with E-state index >= 15 is 0 Å². The number of hydrogen-bond acceptors (Lipinski definition) is 4. The molecule has 33 heavy (non-hydrogen) atoms. The lowest BCUT2D eigenvalue weighted by atomic mass is 9.94. The summed E-state index contributed by atoms with van der Waals surface area (Å²) in [6.07, 6.45) is 2.30. The zero-order valence-corrected chi connectivity index (χ0v) is 21.9. The summed E-state index contributed by atoms with van der Waals surface area (Å²) < 4.78 is 5.30. The molecule has 0 aliphatic carbocycles. The van der Waals surface area contributed by atoms with Gasteiger partial charge in [-0.15, -0.1) is 0 Å². The summed E-state index contributed by atoms with van der Waals surface area (Å²) in [5, 5.41) is 5.64. The average Bonchev–Trinajstić information content (AvgIpc) is 2.69. The lowest BCUT2D eigenvalue weighted by molar-refractivity contribution is -0.144. The number of carbonyl (C=O) groups is 3. The van der Waals surface area contributed by atoms with Crippen molar-refractivity contribution in [2.45, 2.75) is 105 Å². The highest BCUT2D eigenvalue weighted by molar-refractivity contribution is 5.92. The Morgan fingerprint density at radius 1 is 1.06 bits per heavy atom. The highest BCUT2D eigenvalue weighted by Crippen LogP contribution is 2.29. The van der Waals surface area contributed by atoms with Gasteiger partial charge in [0.05, 0.1) is 0 Å². The van der Waals surface area contributed by atoms with Crippen molar-refractivity contribution < 1.29 is 19.1 Å². The molecule has 1 rings (SSSR count). The molecule has 2 N–H and O–H groups in total. The number of alkyl carbamates (subject to hydrolysis) is 1. The van der Waals surface area contributed by atoms with Crippen molar-refractivity contribution in [2.75, 3.05) is 6.54 Å². The van der Waals surface area contributed by atoms with Gasteiger partial charge in [-0.2, -0.15) is 0 Å². The Balaban J connectivity index is 3.29. The Kier molecular flexibility index (Phi) is 10.9. The van der Waals surface area contributed by atoms with Crippen LogP contribution in [0.25, 0.3) is 0 Å². The van der Waals surface area contributed by atoms with Gasteiger partial charge in [-0.25, -0.2) is 4.79 Å². The van der Waals surface area contributed by atoms with Crippen molar-refractivity contribution >= 4 is 17.9 Å². The molecule has 0 saturated carbocycles. The van der Waals surface area contributed by atoms with E-state index in [1.165, 1.54) is 0 Å². The Bertz CT molecular complexity index is 814. The van der Waals surface area contributed by atoms with E-state index in [-0.39, 0.29) is 17.9 Å². The molecule has 0 saturated heterocycles. The molecule has 7 heteroatoms. The molecule has 2 atom stereocenters. The normalized spacial score (nSPS) is 13.3. The van der Waals surface area contributed by atoms with Gasteiger partial charge in [0.25, 0.3) is 0 Å². The van der Waals surface area contributed by atoms with E-state index in [0.29, 0.717) is 6.54 Å². The van der Waals surface area contributed by atoms with Crippen molar-refractivity contribution in [2.24, 2.45) is 0 Å². The number of aryl methyl sites for hydroxylation is 1. The average molecular weight is 462 g/mol. The van der Waals surface area contributed by atoms with Crippen LogP contribution in [0.15, 0.2) is 18.2 Å². The minimum atomic E-state index is -0.859. The van der Waals surface area contributed by atoms with Gasteiger partial charge in [-0.05, 0) is 78.5 Å². The van der Waals surface area contributed by atoms with Gasteiger partial charge in [0, 0.05) is 12.6 Å². The third kappa shape index (κ3) is 8.71. The maximum absolute atomic E-state index is 13.6. The van der Waals surface area contributed by atoms with Crippen LogP contribution in [0.2, 0.25) is 0 Å². The molecular weight excluding hydrogens is 418 g/mol. The quantitative estimate of drug-likeness (QED) is 0.490. The number of nitrogens with one attached hydrogen (secondary N) is 2. The maximum Gasteiger partial charge on any atom is 0.408 e. The minimum Gasteiger partial charge on any atom is -0.444 e. The zero-order valence-electron chi connectivity index (χ0n) is 21.9. The fourth-order valence-electron chi connectivity index (χ4n) is 3.62. The van der Waals surface area contributed by atoms with Crippen molar-refractivity contribution in [1.29, 1.82) is 0 Å². The molecule has 3 amide bonds. The molecule has 0 heterocycles. The SMILES string of the molecule is CCCCCNC(=O)C(c1cccc(C)c1C)N(C(=O)C(C)NC(=O)OC(C)(C)C)C(C)C. The molecule has 7 nitrogen and oxygen atoms in total. The van der Waals surface area contributed by atoms with E-state index in [9.17, 15) is 14.4 Å². The predicted molar refractivity (Wildman–Crippen MR) is 132 cm³/mol. The van der Waals surface area contributed by atoms with Gasteiger partial charge in [-0.1, -0.05) is 38.0 Å².